The fourth-order valence-electron chi connectivity index (χ4n) is 4.06. The van der Waals surface area contributed by atoms with Gasteiger partial charge in [-0.2, -0.15) is 0 Å². The number of aliphatic hydroxyl groups excluding tert-OH is 1. The van der Waals surface area contributed by atoms with E-state index in [1.54, 1.807) is 7.11 Å². The van der Waals surface area contributed by atoms with Gasteiger partial charge in [0.1, 0.15) is 12.7 Å². The predicted molar refractivity (Wildman–Crippen MR) is 123 cm³/mol. The van der Waals surface area contributed by atoms with E-state index in [0.717, 1.165) is 49.8 Å². The number of hydrogen-bond donors (Lipinski definition) is 1. The van der Waals surface area contributed by atoms with Crippen molar-refractivity contribution in [2.45, 2.75) is 19.6 Å². The van der Waals surface area contributed by atoms with Crippen LogP contribution in [0, 0.1) is 0 Å². The number of β-amino-alcohol motifs (C(OH)–C–C–N with tert-alkyl or cyclic N) is 1. The molecule has 7 nitrogen and oxygen atoms in total. The molecule has 4 rings (SSSR count). The summed E-state index contributed by atoms with van der Waals surface area (Å²) in [7, 11) is 1.63. The lowest BCUT2D eigenvalue weighted by Gasteiger charge is -2.35. The van der Waals surface area contributed by atoms with Crippen molar-refractivity contribution in [3.63, 3.8) is 0 Å². The molecule has 2 aliphatic heterocycles. The zero-order valence-corrected chi connectivity index (χ0v) is 18.8. The first-order chi connectivity index (χ1) is 15.6. The Morgan fingerprint density at radius 2 is 1.78 bits per heavy atom. The SMILES string of the molecule is C/C=C/c1ccc(OCC(O)CN2CCN(Cc3ccc4c(c3)OCO4)CC2)c(OC)c1. The van der Waals surface area contributed by atoms with Gasteiger partial charge < -0.3 is 24.1 Å². The van der Waals surface area contributed by atoms with Crippen molar-refractivity contribution in [2.75, 3.05) is 53.2 Å². The summed E-state index contributed by atoms with van der Waals surface area (Å²) >= 11 is 0. The lowest BCUT2D eigenvalue weighted by molar-refractivity contribution is 0.0440. The van der Waals surface area contributed by atoms with Gasteiger partial charge in [0.15, 0.2) is 23.0 Å². The van der Waals surface area contributed by atoms with Crippen molar-refractivity contribution >= 4 is 6.08 Å². The second-order valence-electron chi connectivity index (χ2n) is 8.14. The first-order valence-corrected chi connectivity index (χ1v) is 11.1. The fourth-order valence-corrected chi connectivity index (χ4v) is 4.06. The summed E-state index contributed by atoms with van der Waals surface area (Å²) in [5.41, 5.74) is 2.28. The van der Waals surface area contributed by atoms with Gasteiger partial charge in [0.2, 0.25) is 6.79 Å². The van der Waals surface area contributed by atoms with Gasteiger partial charge >= 0.3 is 0 Å². The second kappa shape index (κ2) is 10.7. The molecule has 2 aromatic rings. The number of piperazine rings is 1. The van der Waals surface area contributed by atoms with Crippen LogP contribution in [0.1, 0.15) is 18.1 Å². The molecule has 1 saturated heterocycles. The van der Waals surface area contributed by atoms with Crippen molar-refractivity contribution < 1.29 is 24.1 Å². The molecule has 0 radical (unpaired) electrons. The molecule has 2 aromatic carbocycles. The van der Waals surface area contributed by atoms with Gasteiger partial charge in [-0.05, 0) is 42.3 Å². The molecule has 0 aliphatic carbocycles. The molecule has 1 atom stereocenters. The van der Waals surface area contributed by atoms with Crippen molar-refractivity contribution in [2.24, 2.45) is 0 Å². The Balaban J connectivity index is 1.20. The molecule has 1 N–H and O–H groups in total. The highest BCUT2D eigenvalue weighted by molar-refractivity contribution is 5.55. The van der Waals surface area contributed by atoms with Gasteiger partial charge in [0, 0.05) is 39.3 Å². The molecule has 2 heterocycles. The second-order valence-corrected chi connectivity index (χ2v) is 8.14. The Labute approximate surface area is 189 Å². The Morgan fingerprint density at radius 3 is 2.56 bits per heavy atom. The minimum Gasteiger partial charge on any atom is -0.493 e. The van der Waals surface area contributed by atoms with Gasteiger partial charge in [-0.1, -0.05) is 24.3 Å². The highest BCUT2D eigenvalue weighted by Crippen LogP contribution is 2.33. The zero-order chi connectivity index (χ0) is 22.3. The van der Waals surface area contributed by atoms with Crippen LogP contribution in [-0.2, 0) is 6.54 Å². The Hall–Kier alpha value is -2.74. The largest absolute Gasteiger partial charge is 0.493 e. The molecule has 172 valence electrons. The smallest absolute Gasteiger partial charge is 0.231 e. The first-order valence-electron chi connectivity index (χ1n) is 11.1. The van der Waals surface area contributed by atoms with E-state index in [1.807, 2.05) is 43.3 Å². The number of ether oxygens (including phenoxy) is 4. The number of aliphatic hydroxyl groups is 1. The summed E-state index contributed by atoms with van der Waals surface area (Å²) in [6, 6.07) is 11.9. The minimum absolute atomic E-state index is 0.233. The number of benzene rings is 2. The molecule has 0 amide bonds. The number of hydrogen-bond acceptors (Lipinski definition) is 7. The summed E-state index contributed by atoms with van der Waals surface area (Å²) in [4.78, 5) is 4.71. The molecule has 0 spiro atoms. The van der Waals surface area contributed by atoms with Crippen LogP contribution in [0.4, 0.5) is 0 Å². The quantitative estimate of drug-likeness (QED) is 0.643. The van der Waals surface area contributed by atoms with Crippen LogP contribution in [0.2, 0.25) is 0 Å². The van der Waals surface area contributed by atoms with E-state index in [2.05, 4.69) is 21.9 Å². The molecule has 32 heavy (non-hydrogen) atoms. The number of rotatable bonds is 9. The number of fused-ring (bicyclic) bond motifs is 1. The number of methoxy groups -OCH3 is 1. The van der Waals surface area contributed by atoms with Crippen LogP contribution in [0.15, 0.2) is 42.5 Å². The standard InChI is InChI=1S/C25H32N2O5/c1-3-4-19-5-7-22(24(13-19)29-2)30-17-21(28)16-27-11-9-26(10-12-27)15-20-6-8-23-25(14-20)32-18-31-23/h3-8,13-14,21,28H,9-12,15-18H2,1-2H3/b4-3+. The maximum absolute atomic E-state index is 10.5. The average Bonchev–Trinajstić information content (AvgIpc) is 3.27. The molecule has 0 aromatic heterocycles. The van der Waals surface area contributed by atoms with Gasteiger partial charge in [0.25, 0.3) is 0 Å². The summed E-state index contributed by atoms with van der Waals surface area (Å²) < 4.78 is 22.1. The van der Waals surface area contributed by atoms with E-state index >= 15 is 0 Å². The minimum atomic E-state index is -0.560. The Bertz CT molecular complexity index is 925. The van der Waals surface area contributed by atoms with Crippen molar-refractivity contribution in [1.29, 1.82) is 0 Å². The third-order valence-electron chi connectivity index (χ3n) is 5.76. The highest BCUT2D eigenvalue weighted by atomic mass is 16.7. The molecule has 1 fully saturated rings. The summed E-state index contributed by atoms with van der Waals surface area (Å²) in [5, 5.41) is 10.5. The van der Waals surface area contributed by atoms with Crippen LogP contribution in [0.3, 0.4) is 0 Å². The first kappa shape index (κ1) is 22.5. The zero-order valence-electron chi connectivity index (χ0n) is 18.8. The summed E-state index contributed by atoms with van der Waals surface area (Å²) in [5.74, 6) is 2.97. The van der Waals surface area contributed by atoms with Gasteiger partial charge in [-0.25, -0.2) is 0 Å². The lowest BCUT2D eigenvalue weighted by Crippen LogP contribution is -2.48. The van der Waals surface area contributed by atoms with Crippen molar-refractivity contribution in [3.8, 4) is 23.0 Å². The molecule has 1 unspecified atom stereocenters. The molecular weight excluding hydrogens is 408 g/mol. The van der Waals surface area contributed by atoms with E-state index in [-0.39, 0.29) is 6.61 Å². The Kier molecular flexibility index (Phi) is 7.52. The maximum atomic E-state index is 10.5. The van der Waals surface area contributed by atoms with Gasteiger partial charge in [-0.3, -0.25) is 9.80 Å². The van der Waals surface area contributed by atoms with E-state index in [4.69, 9.17) is 18.9 Å². The molecule has 7 heteroatoms. The summed E-state index contributed by atoms with van der Waals surface area (Å²) in [6.45, 7) is 7.76. The molecule has 2 aliphatic rings. The van der Waals surface area contributed by atoms with Crippen LogP contribution < -0.4 is 18.9 Å². The van der Waals surface area contributed by atoms with Crippen molar-refractivity contribution in [1.82, 2.24) is 9.80 Å². The molecule has 0 bridgehead atoms. The van der Waals surface area contributed by atoms with Crippen LogP contribution in [0.5, 0.6) is 23.0 Å². The van der Waals surface area contributed by atoms with E-state index in [1.165, 1.54) is 5.56 Å². The van der Waals surface area contributed by atoms with E-state index in [9.17, 15) is 5.11 Å². The third-order valence-corrected chi connectivity index (χ3v) is 5.76. The van der Waals surface area contributed by atoms with Gasteiger partial charge in [-0.15, -0.1) is 0 Å². The van der Waals surface area contributed by atoms with Crippen molar-refractivity contribution in [3.05, 3.63) is 53.6 Å². The summed E-state index contributed by atoms with van der Waals surface area (Å²) in [6.07, 6.45) is 3.43. The highest BCUT2D eigenvalue weighted by Gasteiger charge is 2.21. The van der Waals surface area contributed by atoms with Gasteiger partial charge in [0.05, 0.1) is 7.11 Å². The van der Waals surface area contributed by atoms with Crippen LogP contribution >= 0.6 is 0 Å². The third kappa shape index (κ3) is 5.73. The predicted octanol–water partition coefficient (Wildman–Crippen LogP) is 3.01. The number of nitrogens with zero attached hydrogens (tertiary/aromatic N) is 2. The topological polar surface area (TPSA) is 63.6 Å². The maximum Gasteiger partial charge on any atom is 0.231 e. The van der Waals surface area contributed by atoms with E-state index in [0.29, 0.717) is 24.8 Å². The lowest BCUT2D eigenvalue weighted by atomic mass is 10.1. The molecular formula is C25H32N2O5. The normalized spacial score (nSPS) is 17.6. The monoisotopic (exact) mass is 440 g/mol. The van der Waals surface area contributed by atoms with Crippen LogP contribution in [-0.4, -0.2) is 74.2 Å². The number of allylic oxidation sites excluding steroid dienone is 1. The van der Waals surface area contributed by atoms with Crippen LogP contribution in [0.25, 0.3) is 6.08 Å². The molecule has 0 saturated carbocycles. The fraction of sp³-hybridized carbons (Fsp3) is 0.440. The average molecular weight is 441 g/mol. The van der Waals surface area contributed by atoms with E-state index < -0.39 is 6.10 Å². The Morgan fingerprint density at radius 1 is 1.00 bits per heavy atom.